The summed E-state index contributed by atoms with van der Waals surface area (Å²) < 4.78 is 6.39. The first-order chi connectivity index (χ1) is 7.66. The van der Waals surface area contributed by atoms with Crippen molar-refractivity contribution < 1.29 is 4.74 Å². The predicted octanol–water partition coefficient (Wildman–Crippen LogP) is 4.94. The highest BCUT2D eigenvalue weighted by molar-refractivity contribution is 9.10. The molecule has 16 heavy (non-hydrogen) atoms. The molecule has 0 atom stereocenters. The first-order valence-electron chi connectivity index (χ1n) is 4.39. The van der Waals surface area contributed by atoms with Crippen LogP contribution in [0.25, 0.3) is 0 Å². The van der Waals surface area contributed by atoms with Crippen LogP contribution in [0.4, 0.5) is 0 Å². The van der Waals surface area contributed by atoms with Gasteiger partial charge in [-0.05, 0) is 28.1 Å². The molecule has 0 fully saturated rings. The molecule has 0 aliphatic carbocycles. The Morgan fingerprint density at radius 1 is 1.12 bits per heavy atom. The molecule has 0 aliphatic rings. The summed E-state index contributed by atoms with van der Waals surface area (Å²) in [4.78, 5) is 3.94. The summed E-state index contributed by atoms with van der Waals surface area (Å²) in [6.45, 7) is 0. The first-order valence-corrected chi connectivity index (χ1v) is 5.94. The van der Waals surface area contributed by atoms with Gasteiger partial charge >= 0.3 is 0 Å². The minimum atomic E-state index is 0.462. The van der Waals surface area contributed by atoms with Crippen molar-refractivity contribution in [3.63, 3.8) is 0 Å². The predicted molar refractivity (Wildman–Crippen MR) is 68.5 cm³/mol. The number of pyridine rings is 1. The van der Waals surface area contributed by atoms with Crippen molar-refractivity contribution >= 4 is 39.1 Å². The van der Waals surface area contributed by atoms with Gasteiger partial charge in [-0.25, -0.2) is 0 Å². The Hall–Kier alpha value is -0.770. The van der Waals surface area contributed by atoms with E-state index in [1.54, 1.807) is 36.7 Å². The van der Waals surface area contributed by atoms with E-state index in [1.165, 1.54) is 0 Å². The van der Waals surface area contributed by atoms with E-state index in [1.807, 2.05) is 0 Å². The summed E-state index contributed by atoms with van der Waals surface area (Å²) in [6, 6.07) is 6.86. The number of hydrogen-bond donors (Lipinski definition) is 0. The van der Waals surface area contributed by atoms with Crippen LogP contribution in [0.1, 0.15) is 0 Å². The molecule has 0 aliphatic heterocycles. The van der Waals surface area contributed by atoms with Crippen LogP contribution in [-0.2, 0) is 0 Å². The third kappa shape index (κ3) is 2.67. The second kappa shape index (κ2) is 5.04. The molecular formula is C11H6BrCl2NO. The maximum absolute atomic E-state index is 5.88. The van der Waals surface area contributed by atoms with Crippen molar-refractivity contribution in [2.75, 3.05) is 0 Å². The van der Waals surface area contributed by atoms with Crippen molar-refractivity contribution in [3.05, 3.63) is 51.2 Å². The van der Waals surface area contributed by atoms with E-state index in [4.69, 9.17) is 27.9 Å². The second-order valence-electron chi connectivity index (χ2n) is 2.98. The van der Waals surface area contributed by atoms with Crippen LogP contribution >= 0.6 is 39.1 Å². The number of hydrogen-bond acceptors (Lipinski definition) is 2. The van der Waals surface area contributed by atoms with Crippen molar-refractivity contribution in [3.8, 4) is 11.5 Å². The maximum atomic E-state index is 5.88. The number of ether oxygens (including phenoxy) is 1. The van der Waals surface area contributed by atoms with Crippen LogP contribution in [0, 0.1) is 0 Å². The van der Waals surface area contributed by atoms with E-state index in [0.717, 1.165) is 4.47 Å². The molecule has 82 valence electrons. The van der Waals surface area contributed by atoms with E-state index < -0.39 is 0 Å². The quantitative estimate of drug-likeness (QED) is 0.782. The van der Waals surface area contributed by atoms with Gasteiger partial charge in [0.25, 0.3) is 0 Å². The molecule has 0 saturated heterocycles. The van der Waals surface area contributed by atoms with Gasteiger partial charge in [0.1, 0.15) is 11.5 Å². The van der Waals surface area contributed by atoms with Gasteiger partial charge < -0.3 is 4.74 Å². The molecule has 0 bridgehead atoms. The minimum Gasteiger partial charge on any atom is -0.456 e. The van der Waals surface area contributed by atoms with Crippen LogP contribution in [0.3, 0.4) is 0 Å². The molecule has 0 radical (unpaired) electrons. The highest BCUT2D eigenvalue weighted by atomic mass is 79.9. The fourth-order valence-electron chi connectivity index (χ4n) is 1.11. The molecule has 1 heterocycles. The lowest BCUT2D eigenvalue weighted by Crippen LogP contribution is -1.86. The van der Waals surface area contributed by atoms with Gasteiger partial charge in [0.15, 0.2) is 0 Å². The van der Waals surface area contributed by atoms with Crippen LogP contribution in [0.5, 0.6) is 11.5 Å². The van der Waals surface area contributed by atoms with E-state index in [2.05, 4.69) is 20.9 Å². The minimum absolute atomic E-state index is 0.462. The van der Waals surface area contributed by atoms with Crippen LogP contribution < -0.4 is 4.74 Å². The van der Waals surface area contributed by atoms with Crippen LogP contribution in [-0.4, -0.2) is 4.98 Å². The van der Waals surface area contributed by atoms with Gasteiger partial charge in [0.05, 0.1) is 14.5 Å². The van der Waals surface area contributed by atoms with E-state index >= 15 is 0 Å². The summed E-state index contributed by atoms with van der Waals surface area (Å²) in [5, 5.41) is 0.965. The monoisotopic (exact) mass is 317 g/mol. The number of aromatic nitrogens is 1. The third-order valence-electron chi connectivity index (χ3n) is 1.85. The lowest BCUT2D eigenvalue weighted by molar-refractivity contribution is 0.479. The zero-order valence-corrected chi connectivity index (χ0v) is 11.1. The normalized spacial score (nSPS) is 10.2. The Morgan fingerprint density at radius 2 is 1.94 bits per heavy atom. The molecule has 0 N–H and O–H groups in total. The van der Waals surface area contributed by atoms with Gasteiger partial charge in [0, 0.05) is 24.5 Å². The van der Waals surface area contributed by atoms with Gasteiger partial charge in [0.2, 0.25) is 0 Å². The Balaban J connectivity index is 2.28. The number of rotatable bonds is 2. The average Bonchev–Trinajstić information content (AvgIpc) is 2.27. The van der Waals surface area contributed by atoms with E-state index in [-0.39, 0.29) is 0 Å². The number of nitrogens with zero attached hydrogens (tertiary/aromatic N) is 1. The summed E-state index contributed by atoms with van der Waals surface area (Å²) in [5.41, 5.74) is 0. The summed E-state index contributed by atoms with van der Waals surface area (Å²) in [5.74, 6) is 1.30. The summed E-state index contributed by atoms with van der Waals surface area (Å²) in [7, 11) is 0. The van der Waals surface area contributed by atoms with Crippen LogP contribution in [0.15, 0.2) is 41.1 Å². The first kappa shape index (κ1) is 11.7. The summed E-state index contributed by atoms with van der Waals surface area (Å²) in [6.07, 6.45) is 3.31. The Bertz CT molecular complexity index is 519. The Kier molecular flexibility index (Phi) is 3.69. The van der Waals surface area contributed by atoms with Gasteiger partial charge in [-0.15, -0.1) is 0 Å². The molecule has 0 spiro atoms. The van der Waals surface area contributed by atoms with Gasteiger partial charge in [-0.2, -0.15) is 0 Å². The van der Waals surface area contributed by atoms with Crippen LogP contribution in [0.2, 0.25) is 10.0 Å². The van der Waals surface area contributed by atoms with Crippen molar-refractivity contribution in [2.24, 2.45) is 0 Å². The number of benzene rings is 1. The molecule has 2 nitrogen and oxygen atoms in total. The molecule has 2 rings (SSSR count). The lowest BCUT2D eigenvalue weighted by atomic mass is 10.3. The van der Waals surface area contributed by atoms with Gasteiger partial charge in [-0.3, -0.25) is 4.98 Å². The van der Waals surface area contributed by atoms with E-state index in [9.17, 15) is 0 Å². The smallest absolute Gasteiger partial charge is 0.144 e. The fourth-order valence-corrected chi connectivity index (χ4v) is 1.73. The fraction of sp³-hybridized carbons (Fsp3) is 0. The van der Waals surface area contributed by atoms with Crippen molar-refractivity contribution in [2.45, 2.75) is 0 Å². The number of halogens is 3. The Morgan fingerprint density at radius 3 is 2.62 bits per heavy atom. The molecule has 2 aromatic rings. The largest absolute Gasteiger partial charge is 0.456 e. The average molecular weight is 319 g/mol. The molecule has 0 amide bonds. The lowest BCUT2D eigenvalue weighted by Gasteiger charge is -2.07. The topological polar surface area (TPSA) is 22.1 Å². The standard InChI is InChI=1S/C11H6BrCl2NO/c12-8-6-15-4-3-11(8)16-7-1-2-9(13)10(14)5-7/h1-6H. The molecule has 0 saturated carbocycles. The summed E-state index contributed by atoms with van der Waals surface area (Å²) >= 11 is 15.0. The third-order valence-corrected chi connectivity index (χ3v) is 3.19. The SMILES string of the molecule is Clc1ccc(Oc2ccncc2Br)cc1Cl. The van der Waals surface area contributed by atoms with E-state index in [0.29, 0.717) is 21.5 Å². The molecule has 1 aromatic heterocycles. The highest BCUT2D eigenvalue weighted by Gasteiger charge is 2.04. The zero-order valence-electron chi connectivity index (χ0n) is 7.95. The molecule has 5 heteroatoms. The Labute approximate surface area is 111 Å². The molecule has 0 unspecified atom stereocenters. The molecule has 1 aromatic carbocycles. The van der Waals surface area contributed by atoms with Gasteiger partial charge in [-0.1, -0.05) is 23.2 Å². The maximum Gasteiger partial charge on any atom is 0.144 e. The van der Waals surface area contributed by atoms with Crippen molar-refractivity contribution in [1.29, 1.82) is 0 Å². The zero-order chi connectivity index (χ0) is 11.5. The molecular weight excluding hydrogens is 313 g/mol. The van der Waals surface area contributed by atoms with Crippen molar-refractivity contribution in [1.82, 2.24) is 4.98 Å². The second-order valence-corrected chi connectivity index (χ2v) is 4.65. The highest BCUT2D eigenvalue weighted by Crippen LogP contribution is 2.32.